The molecule has 302 valence electrons. The van der Waals surface area contributed by atoms with Crippen LogP contribution in [0, 0.1) is 0 Å². The standard InChI is InChI=1S/C21H17N.2C19H17N/c1-22(20-14-6-10-16-8-2-4-12-18(16)20)21-15-7-11-17-9-3-5-13-19(17)21;1-20(18-12-6-3-7-13-18)19-14-8-11-17(15-19)16-9-4-2-5-10-16;1-20(18-10-6-3-7-11-18)19-14-12-17(13-15-19)16-8-4-2-5-9-16/h2-15H,1H3;2*2-15H,1H3. The molecule has 0 unspecified atom stereocenters. The number of nitrogens with zero attached hydrogens (tertiary/aromatic N) is 3. The van der Waals surface area contributed by atoms with Crippen LogP contribution in [-0.2, 0) is 0 Å². The lowest BCUT2D eigenvalue weighted by atomic mass is 10.0. The summed E-state index contributed by atoms with van der Waals surface area (Å²) in [6, 6.07) is 89.0. The first-order chi connectivity index (χ1) is 30.5. The minimum absolute atomic E-state index is 1.19. The maximum absolute atomic E-state index is 2.28. The Hall–Kier alpha value is -7.88. The minimum Gasteiger partial charge on any atom is -0.345 e. The van der Waals surface area contributed by atoms with Gasteiger partial charge in [0.1, 0.15) is 0 Å². The Labute approximate surface area is 367 Å². The fourth-order valence-corrected chi connectivity index (χ4v) is 7.77. The molecule has 3 nitrogen and oxygen atoms in total. The van der Waals surface area contributed by atoms with E-state index in [4.69, 9.17) is 0 Å². The summed E-state index contributed by atoms with van der Waals surface area (Å²) in [4.78, 5) is 6.67. The second kappa shape index (κ2) is 19.9. The number of hydrogen-bond donors (Lipinski definition) is 0. The molecule has 3 heteroatoms. The molecule has 0 atom stereocenters. The summed E-state index contributed by atoms with van der Waals surface area (Å²) >= 11 is 0. The molecule has 62 heavy (non-hydrogen) atoms. The Kier molecular flexibility index (Phi) is 13.1. The van der Waals surface area contributed by atoms with Crippen molar-refractivity contribution in [1.29, 1.82) is 0 Å². The first kappa shape index (κ1) is 40.9. The second-order valence-corrected chi connectivity index (χ2v) is 15.2. The molecular weight excluding hydrogens is 751 g/mol. The fraction of sp³-hybridized carbons (Fsp3) is 0.0508. The third-order valence-electron chi connectivity index (χ3n) is 11.2. The lowest BCUT2D eigenvalue weighted by Gasteiger charge is -2.23. The van der Waals surface area contributed by atoms with Crippen LogP contribution in [-0.4, -0.2) is 21.1 Å². The van der Waals surface area contributed by atoms with Crippen LogP contribution in [0.4, 0.5) is 34.1 Å². The van der Waals surface area contributed by atoms with Crippen LogP contribution in [0.25, 0.3) is 43.8 Å². The van der Waals surface area contributed by atoms with Gasteiger partial charge in [0.2, 0.25) is 0 Å². The molecule has 10 aromatic rings. The van der Waals surface area contributed by atoms with E-state index < -0.39 is 0 Å². The number of para-hydroxylation sites is 2. The SMILES string of the molecule is CN(c1cccc2ccccc12)c1cccc2ccccc12.CN(c1ccccc1)c1ccc(-c2ccccc2)cc1.CN(c1ccccc1)c1cccc(-c2ccccc2)c1. The summed E-state index contributed by atoms with van der Waals surface area (Å²) in [5, 5.41) is 5.10. The van der Waals surface area contributed by atoms with E-state index in [0.29, 0.717) is 0 Å². The van der Waals surface area contributed by atoms with Crippen LogP contribution in [0.5, 0.6) is 0 Å². The van der Waals surface area contributed by atoms with Crippen molar-refractivity contribution in [2.24, 2.45) is 0 Å². The summed E-state index contributed by atoms with van der Waals surface area (Å²) in [5.41, 5.74) is 12.2. The Bertz CT molecular complexity index is 2840. The third-order valence-corrected chi connectivity index (χ3v) is 11.2. The van der Waals surface area contributed by atoms with E-state index in [9.17, 15) is 0 Å². The number of anilines is 6. The third kappa shape index (κ3) is 9.76. The Morgan fingerprint density at radius 1 is 0.226 bits per heavy atom. The molecule has 0 saturated heterocycles. The van der Waals surface area contributed by atoms with Crippen molar-refractivity contribution in [1.82, 2.24) is 0 Å². The van der Waals surface area contributed by atoms with E-state index in [0.717, 1.165) is 0 Å². The predicted molar refractivity (Wildman–Crippen MR) is 269 cm³/mol. The first-order valence-corrected chi connectivity index (χ1v) is 21.1. The molecule has 0 heterocycles. The van der Waals surface area contributed by atoms with Crippen molar-refractivity contribution in [2.75, 3.05) is 35.8 Å². The van der Waals surface area contributed by atoms with Gasteiger partial charge in [-0.2, -0.15) is 0 Å². The van der Waals surface area contributed by atoms with Gasteiger partial charge in [0.05, 0.1) is 0 Å². The van der Waals surface area contributed by atoms with Crippen molar-refractivity contribution in [3.8, 4) is 22.3 Å². The van der Waals surface area contributed by atoms with Gasteiger partial charge in [0.25, 0.3) is 0 Å². The van der Waals surface area contributed by atoms with Gasteiger partial charge in [-0.15, -0.1) is 0 Å². The van der Waals surface area contributed by atoms with E-state index in [1.165, 1.54) is 77.9 Å². The van der Waals surface area contributed by atoms with Crippen LogP contribution in [0.1, 0.15) is 0 Å². The number of hydrogen-bond acceptors (Lipinski definition) is 3. The molecule has 0 fully saturated rings. The Morgan fingerprint density at radius 3 is 1.05 bits per heavy atom. The maximum Gasteiger partial charge on any atom is 0.0487 e. The lowest BCUT2D eigenvalue weighted by Crippen LogP contribution is -2.10. The number of fused-ring (bicyclic) bond motifs is 2. The highest BCUT2D eigenvalue weighted by Crippen LogP contribution is 2.35. The Morgan fingerprint density at radius 2 is 0.548 bits per heavy atom. The van der Waals surface area contributed by atoms with Gasteiger partial charge < -0.3 is 14.7 Å². The van der Waals surface area contributed by atoms with E-state index in [1.54, 1.807) is 0 Å². The molecule has 0 aliphatic heterocycles. The smallest absolute Gasteiger partial charge is 0.0487 e. The van der Waals surface area contributed by atoms with Crippen LogP contribution in [0.2, 0.25) is 0 Å². The highest BCUT2D eigenvalue weighted by molar-refractivity contribution is 6.01. The number of benzene rings is 10. The molecular formula is C59H51N3. The van der Waals surface area contributed by atoms with Crippen molar-refractivity contribution >= 4 is 55.7 Å². The lowest BCUT2D eigenvalue weighted by molar-refractivity contribution is 1.21. The van der Waals surface area contributed by atoms with Gasteiger partial charge in [0, 0.05) is 66.0 Å². The zero-order chi connectivity index (χ0) is 42.5. The number of rotatable bonds is 8. The molecule has 0 saturated carbocycles. The molecule has 10 rings (SSSR count). The highest BCUT2D eigenvalue weighted by atomic mass is 15.1. The molecule has 0 aliphatic rings. The van der Waals surface area contributed by atoms with E-state index in [1.807, 2.05) is 24.3 Å². The average molecular weight is 802 g/mol. The minimum atomic E-state index is 1.19. The normalized spacial score (nSPS) is 10.5. The molecule has 0 aromatic heterocycles. The second-order valence-electron chi connectivity index (χ2n) is 15.2. The van der Waals surface area contributed by atoms with Crippen LogP contribution in [0.3, 0.4) is 0 Å². The molecule has 0 spiro atoms. The van der Waals surface area contributed by atoms with Gasteiger partial charge in [-0.25, -0.2) is 0 Å². The van der Waals surface area contributed by atoms with Gasteiger partial charge in [0.15, 0.2) is 0 Å². The monoisotopic (exact) mass is 801 g/mol. The molecule has 0 bridgehead atoms. The first-order valence-electron chi connectivity index (χ1n) is 21.1. The van der Waals surface area contributed by atoms with Crippen molar-refractivity contribution in [3.05, 3.63) is 255 Å². The molecule has 0 radical (unpaired) electrons. The maximum atomic E-state index is 2.28. The average Bonchev–Trinajstić information content (AvgIpc) is 3.37. The zero-order valence-electron chi connectivity index (χ0n) is 35.6. The van der Waals surface area contributed by atoms with Crippen molar-refractivity contribution in [2.45, 2.75) is 0 Å². The van der Waals surface area contributed by atoms with E-state index in [2.05, 4.69) is 266 Å². The van der Waals surface area contributed by atoms with Crippen LogP contribution in [0.15, 0.2) is 255 Å². The largest absolute Gasteiger partial charge is 0.345 e. The van der Waals surface area contributed by atoms with Gasteiger partial charge in [-0.1, -0.05) is 194 Å². The van der Waals surface area contributed by atoms with Gasteiger partial charge >= 0.3 is 0 Å². The summed E-state index contributed by atoms with van der Waals surface area (Å²) in [7, 11) is 6.33. The van der Waals surface area contributed by atoms with Crippen molar-refractivity contribution < 1.29 is 0 Å². The quantitative estimate of drug-likeness (QED) is 0.152. The van der Waals surface area contributed by atoms with E-state index >= 15 is 0 Å². The summed E-state index contributed by atoms with van der Waals surface area (Å²) in [6.07, 6.45) is 0. The van der Waals surface area contributed by atoms with Crippen LogP contribution < -0.4 is 14.7 Å². The molecule has 0 aliphatic carbocycles. The summed E-state index contributed by atoms with van der Waals surface area (Å²) < 4.78 is 0. The Balaban J connectivity index is 0.000000128. The van der Waals surface area contributed by atoms with Gasteiger partial charge in [-0.05, 0) is 93.7 Å². The summed E-state index contributed by atoms with van der Waals surface area (Å²) in [6.45, 7) is 0. The molecule has 0 amide bonds. The molecule has 10 aromatic carbocycles. The topological polar surface area (TPSA) is 9.72 Å². The fourth-order valence-electron chi connectivity index (χ4n) is 7.77. The van der Waals surface area contributed by atoms with Crippen LogP contribution >= 0.6 is 0 Å². The zero-order valence-corrected chi connectivity index (χ0v) is 35.6. The predicted octanol–water partition coefficient (Wildman–Crippen LogP) is 16.0. The molecule has 0 N–H and O–H groups in total. The summed E-state index contributed by atoms with van der Waals surface area (Å²) in [5.74, 6) is 0. The van der Waals surface area contributed by atoms with E-state index in [-0.39, 0.29) is 0 Å². The highest BCUT2D eigenvalue weighted by Gasteiger charge is 2.11. The van der Waals surface area contributed by atoms with Crippen molar-refractivity contribution in [3.63, 3.8) is 0 Å². The van der Waals surface area contributed by atoms with Gasteiger partial charge in [-0.3, -0.25) is 0 Å².